The number of anilines is 1. The lowest BCUT2D eigenvalue weighted by atomic mass is 9.91. The molecule has 6 rings (SSSR count). The lowest BCUT2D eigenvalue weighted by Crippen LogP contribution is -2.50. The number of hydrogen-bond acceptors (Lipinski definition) is 7. The Hall–Kier alpha value is -3.46. The number of amides is 1. The summed E-state index contributed by atoms with van der Waals surface area (Å²) < 4.78 is 32.3. The number of nitrogens with zero attached hydrogens (tertiary/aromatic N) is 3. The lowest BCUT2D eigenvalue weighted by molar-refractivity contribution is -0.0439. The molecule has 0 unspecified atom stereocenters. The van der Waals surface area contributed by atoms with E-state index in [-0.39, 0.29) is 18.5 Å². The van der Waals surface area contributed by atoms with Crippen LogP contribution in [-0.2, 0) is 0 Å². The largest absolute Gasteiger partial charge is 0.493 e. The zero-order valence-corrected chi connectivity index (χ0v) is 22.2. The van der Waals surface area contributed by atoms with E-state index in [4.69, 9.17) is 14.2 Å². The number of fused-ring (bicyclic) bond motifs is 2. The first-order valence-corrected chi connectivity index (χ1v) is 13.5. The van der Waals surface area contributed by atoms with Crippen molar-refractivity contribution in [2.75, 3.05) is 32.0 Å². The molecule has 4 aliphatic rings. The predicted octanol–water partition coefficient (Wildman–Crippen LogP) is 4.91. The molecule has 9 heteroatoms. The maximum Gasteiger partial charge on any atom is 0.254 e. The molecule has 202 valence electrons. The summed E-state index contributed by atoms with van der Waals surface area (Å²) in [7, 11) is 1.55. The highest BCUT2D eigenvalue weighted by Gasteiger charge is 2.38. The third-order valence-corrected chi connectivity index (χ3v) is 7.96. The fraction of sp³-hybridized carbons (Fsp3) is 0.483. The molecule has 38 heavy (non-hydrogen) atoms. The Labute approximate surface area is 222 Å². The van der Waals surface area contributed by atoms with E-state index in [1.807, 2.05) is 37.0 Å². The normalized spacial score (nSPS) is 21.8. The smallest absolute Gasteiger partial charge is 0.254 e. The van der Waals surface area contributed by atoms with Crippen molar-refractivity contribution in [2.45, 2.75) is 63.8 Å². The average molecular weight is 523 g/mol. The molecule has 8 nitrogen and oxygen atoms in total. The summed E-state index contributed by atoms with van der Waals surface area (Å²) in [6.07, 6.45) is 7.80. The second-order valence-corrected chi connectivity index (χ2v) is 11.0. The van der Waals surface area contributed by atoms with Gasteiger partial charge in [0.1, 0.15) is 5.69 Å². The number of halogens is 1. The summed E-state index contributed by atoms with van der Waals surface area (Å²) in [5.74, 6) is 0.417. The minimum atomic E-state index is -0.848. The van der Waals surface area contributed by atoms with Crippen LogP contribution in [0.25, 0.3) is 6.08 Å². The first-order chi connectivity index (χ1) is 18.3. The quantitative estimate of drug-likeness (QED) is 0.518. The predicted molar refractivity (Wildman–Crippen MR) is 143 cm³/mol. The number of benzene rings is 2. The number of para-hydroxylation sites is 1. The molecule has 2 fully saturated rings. The van der Waals surface area contributed by atoms with Crippen molar-refractivity contribution >= 4 is 17.7 Å². The van der Waals surface area contributed by atoms with Gasteiger partial charge in [0.05, 0.1) is 19.4 Å². The molecule has 1 aliphatic carbocycles. The van der Waals surface area contributed by atoms with Crippen LogP contribution in [0, 0.1) is 0 Å². The van der Waals surface area contributed by atoms with Gasteiger partial charge in [0.25, 0.3) is 5.91 Å². The van der Waals surface area contributed by atoms with Crippen LogP contribution < -0.4 is 24.9 Å². The van der Waals surface area contributed by atoms with Gasteiger partial charge in [-0.05, 0) is 56.5 Å². The summed E-state index contributed by atoms with van der Waals surface area (Å²) in [6, 6.07) is 11.6. The van der Waals surface area contributed by atoms with Gasteiger partial charge < -0.3 is 19.1 Å². The standard InChI is InChI=1S/C29H35FN4O4/c1-29(2)37-26-16-20(15-25(36-3)27(26)38-29)28(35)32(18-23-11-7-13-33(23)22-9-6-10-22)17-21-14-19-8-4-5-12-24(19)34(30)31-21/h4-5,8,12,14-16,22-23,31H,6-7,9-11,13,17-18H2,1-3H3/t23-/m0/s1. The molecule has 1 amide bonds. The monoisotopic (exact) mass is 522 g/mol. The number of ether oxygens (including phenoxy) is 3. The van der Waals surface area contributed by atoms with Gasteiger partial charge in [-0.25, -0.2) is 0 Å². The Kier molecular flexibility index (Phi) is 6.34. The van der Waals surface area contributed by atoms with Crippen molar-refractivity contribution in [2.24, 2.45) is 0 Å². The van der Waals surface area contributed by atoms with Crippen LogP contribution in [-0.4, -0.2) is 60.3 Å². The third kappa shape index (κ3) is 4.64. The highest BCUT2D eigenvalue weighted by atomic mass is 19.2. The summed E-state index contributed by atoms with van der Waals surface area (Å²) in [5, 5.41) is 0.523. The van der Waals surface area contributed by atoms with Crippen molar-refractivity contribution in [1.82, 2.24) is 15.2 Å². The first kappa shape index (κ1) is 24.9. The molecule has 0 aromatic heterocycles. The molecule has 0 bridgehead atoms. The highest BCUT2D eigenvalue weighted by molar-refractivity contribution is 5.96. The lowest BCUT2D eigenvalue weighted by Gasteiger charge is -2.40. The summed E-state index contributed by atoms with van der Waals surface area (Å²) >= 11 is 0. The van der Waals surface area contributed by atoms with Gasteiger partial charge in [0, 0.05) is 43.6 Å². The molecular formula is C29H35FN4O4. The van der Waals surface area contributed by atoms with Crippen LogP contribution in [0.5, 0.6) is 17.2 Å². The van der Waals surface area contributed by atoms with Crippen LogP contribution in [0.3, 0.4) is 0 Å². The van der Waals surface area contributed by atoms with Gasteiger partial charge in [-0.3, -0.25) is 15.1 Å². The summed E-state index contributed by atoms with van der Waals surface area (Å²) in [4.78, 5) is 18.5. The fourth-order valence-electron chi connectivity index (χ4n) is 5.95. The number of carbonyl (C=O) groups is 1. The Morgan fingerprint density at radius 2 is 2.00 bits per heavy atom. The number of hydrogen-bond donors (Lipinski definition) is 1. The van der Waals surface area contributed by atoms with E-state index in [1.165, 1.54) is 19.3 Å². The molecule has 1 atom stereocenters. The van der Waals surface area contributed by atoms with E-state index in [0.717, 1.165) is 24.9 Å². The molecule has 2 aromatic carbocycles. The topological polar surface area (TPSA) is 66.5 Å². The van der Waals surface area contributed by atoms with Crippen molar-refractivity contribution in [3.63, 3.8) is 0 Å². The maximum absolute atomic E-state index is 14.9. The third-order valence-electron chi connectivity index (χ3n) is 7.96. The van der Waals surface area contributed by atoms with E-state index < -0.39 is 5.79 Å². The fourth-order valence-corrected chi connectivity index (χ4v) is 5.95. The summed E-state index contributed by atoms with van der Waals surface area (Å²) in [5.41, 5.74) is 5.09. The molecule has 0 radical (unpaired) electrons. The van der Waals surface area contributed by atoms with Crippen LogP contribution >= 0.6 is 0 Å². The van der Waals surface area contributed by atoms with E-state index in [1.54, 1.807) is 31.4 Å². The van der Waals surface area contributed by atoms with Crippen molar-refractivity contribution in [3.8, 4) is 17.2 Å². The highest BCUT2D eigenvalue weighted by Crippen LogP contribution is 2.47. The molecule has 0 spiro atoms. The van der Waals surface area contributed by atoms with Gasteiger partial charge in [0.15, 0.2) is 11.5 Å². The van der Waals surface area contributed by atoms with Gasteiger partial charge in [-0.1, -0.05) is 29.1 Å². The summed E-state index contributed by atoms with van der Waals surface area (Å²) in [6.45, 7) is 5.50. The number of methoxy groups -OCH3 is 1. The minimum Gasteiger partial charge on any atom is -0.493 e. The molecule has 3 heterocycles. The van der Waals surface area contributed by atoms with E-state index >= 15 is 0 Å². The minimum absolute atomic E-state index is 0.160. The number of rotatable bonds is 7. The van der Waals surface area contributed by atoms with Crippen molar-refractivity contribution in [3.05, 3.63) is 53.2 Å². The molecule has 3 aliphatic heterocycles. The van der Waals surface area contributed by atoms with E-state index in [2.05, 4.69) is 10.3 Å². The second-order valence-electron chi connectivity index (χ2n) is 11.0. The van der Waals surface area contributed by atoms with E-state index in [9.17, 15) is 9.28 Å². The van der Waals surface area contributed by atoms with Gasteiger partial charge >= 0.3 is 0 Å². The second kappa shape index (κ2) is 9.69. The first-order valence-electron chi connectivity index (χ1n) is 13.5. The molecule has 1 saturated carbocycles. The zero-order valence-electron chi connectivity index (χ0n) is 22.2. The number of carbonyl (C=O) groups excluding carboxylic acids is 1. The Morgan fingerprint density at radius 3 is 2.76 bits per heavy atom. The van der Waals surface area contributed by atoms with Crippen LogP contribution in [0.4, 0.5) is 10.2 Å². The van der Waals surface area contributed by atoms with Gasteiger partial charge in [-0.15, -0.1) is 5.23 Å². The van der Waals surface area contributed by atoms with Crippen LogP contribution in [0.15, 0.2) is 42.1 Å². The SMILES string of the molecule is COc1cc(C(=O)N(CC2=Cc3ccccc3N(F)N2)C[C@@H]2CCCN2C2CCC2)cc2c1OC(C)(C)O2. The molecule has 1 saturated heterocycles. The van der Waals surface area contributed by atoms with Gasteiger partial charge in [0.2, 0.25) is 11.5 Å². The van der Waals surface area contributed by atoms with Crippen LogP contribution in [0.1, 0.15) is 61.9 Å². The number of likely N-dealkylation sites (tertiary alicyclic amines) is 1. The average Bonchev–Trinajstić information content (AvgIpc) is 3.43. The number of hydrazine groups is 1. The maximum atomic E-state index is 14.9. The number of nitrogens with one attached hydrogen (secondary N) is 1. The van der Waals surface area contributed by atoms with Crippen molar-refractivity contribution < 1.29 is 23.5 Å². The zero-order chi connectivity index (χ0) is 26.4. The van der Waals surface area contributed by atoms with Gasteiger partial charge in [-0.2, -0.15) is 0 Å². The Balaban J connectivity index is 1.31. The Morgan fingerprint density at radius 1 is 1.18 bits per heavy atom. The molecular weight excluding hydrogens is 487 g/mol. The molecule has 2 aromatic rings. The molecule has 1 N–H and O–H groups in total. The van der Waals surface area contributed by atoms with Crippen LogP contribution in [0.2, 0.25) is 0 Å². The Bertz CT molecular complexity index is 1260. The van der Waals surface area contributed by atoms with Crippen molar-refractivity contribution in [1.29, 1.82) is 0 Å². The van der Waals surface area contributed by atoms with E-state index in [0.29, 0.717) is 52.0 Å².